The minimum atomic E-state index is -0.267. The zero-order chi connectivity index (χ0) is 16.2. The Hall–Kier alpha value is -2.54. The van der Waals surface area contributed by atoms with Gasteiger partial charge in [-0.15, -0.1) is 0 Å². The minimum Gasteiger partial charge on any atom is -0.361 e. The number of para-hydroxylation sites is 1. The molecule has 3 rings (SSSR count). The lowest BCUT2D eigenvalue weighted by atomic mass is 9.86. The summed E-state index contributed by atoms with van der Waals surface area (Å²) in [6, 6.07) is 10.1. The van der Waals surface area contributed by atoms with Crippen LogP contribution in [0.1, 0.15) is 38.2 Å². The Kier molecular flexibility index (Phi) is 4.47. The highest BCUT2D eigenvalue weighted by Gasteiger charge is 2.24. The van der Waals surface area contributed by atoms with Gasteiger partial charge in [0.25, 0.3) is 5.91 Å². The van der Waals surface area contributed by atoms with Crippen LogP contribution in [0.3, 0.4) is 0 Å². The van der Waals surface area contributed by atoms with E-state index >= 15 is 0 Å². The Labute approximate surface area is 136 Å². The molecule has 2 aromatic rings. The third kappa shape index (κ3) is 3.29. The summed E-state index contributed by atoms with van der Waals surface area (Å²) in [6.45, 7) is 2.17. The van der Waals surface area contributed by atoms with Crippen molar-refractivity contribution in [1.29, 1.82) is 5.26 Å². The number of nitrogens with one attached hydrogen (secondary N) is 2. The van der Waals surface area contributed by atoms with Gasteiger partial charge in [0.1, 0.15) is 11.6 Å². The Morgan fingerprint density at radius 2 is 2.13 bits per heavy atom. The van der Waals surface area contributed by atoms with Crippen LogP contribution in [0.5, 0.6) is 0 Å². The van der Waals surface area contributed by atoms with Gasteiger partial charge < -0.3 is 10.3 Å². The standard InChI is InChI=1S/C19H21N3O/c1-13-6-2-4-8-17(13)22-19(23)14(11-20)10-15-12-21-18-9-5-3-7-16(15)18/h3,5,7,9-10,12-13,17,21H,2,4,6,8H2,1H3,(H,22,23). The minimum absolute atomic E-state index is 0.160. The Morgan fingerprint density at radius 1 is 1.35 bits per heavy atom. The maximum atomic E-state index is 12.4. The smallest absolute Gasteiger partial charge is 0.262 e. The SMILES string of the molecule is CC1CCCCC1NC(=O)C(C#N)=Cc1c[nH]c2ccccc12. The van der Waals surface area contributed by atoms with E-state index in [-0.39, 0.29) is 17.5 Å². The highest BCUT2D eigenvalue weighted by Crippen LogP contribution is 2.24. The summed E-state index contributed by atoms with van der Waals surface area (Å²) in [7, 11) is 0. The normalized spacial score (nSPS) is 21.8. The fourth-order valence-corrected chi connectivity index (χ4v) is 3.29. The molecule has 0 aliphatic heterocycles. The number of hydrogen-bond acceptors (Lipinski definition) is 2. The molecule has 0 radical (unpaired) electrons. The number of benzene rings is 1. The second-order valence-electron chi connectivity index (χ2n) is 6.30. The molecule has 1 aromatic carbocycles. The van der Waals surface area contributed by atoms with Crippen LogP contribution in [-0.2, 0) is 4.79 Å². The monoisotopic (exact) mass is 307 g/mol. The predicted octanol–water partition coefficient (Wildman–Crippen LogP) is 3.77. The number of aromatic amines is 1. The number of nitrogens with zero attached hydrogens (tertiary/aromatic N) is 1. The molecule has 1 heterocycles. The Morgan fingerprint density at radius 3 is 2.91 bits per heavy atom. The molecule has 4 nitrogen and oxygen atoms in total. The van der Waals surface area contributed by atoms with Crippen LogP contribution in [0.4, 0.5) is 0 Å². The maximum Gasteiger partial charge on any atom is 0.262 e. The van der Waals surface area contributed by atoms with Crippen molar-refractivity contribution in [2.75, 3.05) is 0 Å². The lowest BCUT2D eigenvalue weighted by molar-refractivity contribution is -0.118. The van der Waals surface area contributed by atoms with Crippen LogP contribution in [0.25, 0.3) is 17.0 Å². The van der Waals surface area contributed by atoms with E-state index in [0.717, 1.165) is 35.7 Å². The topological polar surface area (TPSA) is 68.7 Å². The lowest BCUT2D eigenvalue weighted by Gasteiger charge is -2.29. The fourth-order valence-electron chi connectivity index (χ4n) is 3.29. The van der Waals surface area contributed by atoms with Gasteiger partial charge in [-0.3, -0.25) is 4.79 Å². The van der Waals surface area contributed by atoms with Crippen molar-refractivity contribution in [2.45, 2.75) is 38.6 Å². The van der Waals surface area contributed by atoms with Gasteiger partial charge in [0, 0.05) is 28.7 Å². The average molecular weight is 307 g/mol. The van der Waals surface area contributed by atoms with Crippen molar-refractivity contribution in [1.82, 2.24) is 10.3 Å². The second-order valence-corrected chi connectivity index (χ2v) is 6.30. The van der Waals surface area contributed by atoms with E-state index in [1.807, 2.05) is 36.5 Å². The third-order valence-corrected chi connectivity index (χ3v) is 4.71. The summed E-state index contributed by atoms with van der Waals surface area (Å²) in [5.41, 5.74) is 2.02. The van der Waals surface area contributed by atoms with Crippen molar-refractivity contribution < 1.29 is 4.79 Å². The van der Waals surface area contributed by atoms with Gasteiger partial charge in [-0.2, -0.15) is 5.26 Å². The molecule has 0 bridgehead atoms. The first-order chi connectivity index (χ1) is 11.2. The summed E-state index contributed by atoms with van der Waals surface area (Å²) in [6.07, 6.45) is 8.00. The summed E-state index contributed by atoms with van der Waals surface area (Å²) < 4.78 is 0. The van der Waals surface area contributed by atoms with Crippen molar-refractivity contribution in [3.8, 4) is 6.07 Å². The highest BCUT2D eigenvalue weighted by molar-refractivity contribution is 6.04. The largest absolute Gasteiger partial charge is 0.361 e. The van der Waals surface area contributed by atoms with Crippen LogP contribution < -0.4 is 5.32 Å². The van der Waals surface area contributed by atoms with E-state index in [0.29, 0.717) is 5.92 Å². The number of hydrogen-bond donors (Lipinski definition) is 2. The molecule has 2 N–H and O–H groups in total. The van der Waals surface area contributed by atoms with E-state index < -0.39 is 0 Å². The van der Waals surface area contributed by atoms with E-state index in [1.54, 1.807) is 6.08 Å². The molecule has 0 saturated heterocycles. The summed E-state index contributed by atoms with van der Waals surface area (Å²) in [5.74, 6) is 0.206. The van der Waals surface area contributed by atoms with Gasteiger partial charge in [-0.05, 0) is 30.9 Å². The zero-order valence-corrected chi connectivity index (χ0v) is 13.3. The molecule has 1 aliphatic carbocycles. The molecule has 2 unspecified atom stereocenters. The molecular weight excluding hydrogens is 286 g/mol. The summed E-state index contributed by atoms with van der Waals surface area (Å²) >= 11 is 0. The van der Waals surface area contributed by atoms with Crippen LogP contribution in [0, 0.1) is 17.2 Å². The van der Waals surface area contributed by atoms with E-state index in [9.17, 15) is 10.1 Å². The van der Waals surface area contributed by atoms with Crippen molar-refractivity contribution in [2.24, 2.45) is 5.92 Å². The Bertz CT molecular complexity index is 781. The molecule has 118 valence electrons. The lowest BCUT2D eigenvalue weighted by Crippen LogP contribution is -2.41. The molecule has 1 saturated carbocycles. The highest BCUT2D eigenvalue weighted by atomic mass is 16.1. The number of carbonyl (C=O) groups excluding carboxylic acids is 1. The van der Waals surface area contributed by atoms with Crippen LogP contribution >= 0.6 is 0 Å². The average Bonchev–Trinajstić information content (AvgIpc) is 2.97. The van der Waals surface area contributed by atoms with Gasteiger partial charge >= 0.3 is 0 Å². The molecule has 4 heteroatoms. The summed E-state index contributed by atoms with van der Waals surface area (Å²) in [4.78, 5) is 15.6. The number of carbonyl (C=O) groups is 1. The van der Waals surface area contributed by atoms with E-state index in [4.69, 9.17) is 0 Å². The molecule has 1 aromatic heterocycles. The zero-order valence-electron chi connectivity index (χ0n) is 13.3. The van der Waals surface area contributed by atoms with Crippen LogP contribution in [0.2, 0.25) is 0 Å². The molecule has 1 amide bonds. The number of H-pyrrole nitrogens is 1. The molecule has 2 atom stereocenters. The van der Waals surface area contributed by atoms with Crippen molar-refractivity contribution in [3.63, 3.8) is 0 Å². The fraction of sp³-hybridized carbons (Fsp3) is 0.368. The molecule has 1 aliphatic rings. The number of fused-ring (bicyclic) bond motifs is 1. The van der Waals surface area contributed by atoms with E-state index in [2.05, 4.69) is 17.2 Å². The van der Waals surface area contributed by atoms with Gasteiger partial charge in [-0.1, -0.05) is 38.0 Å². The first-order valence-corrected chi connectivity index (χ1v) is 8.18. The predicted molar refractivity (Wildman–Crippen MR) is 91.5 cm³/mol. The third-order valence-electron chi connectivity index (χ3n) is 4.71. The molecule has 1 fully saturated rings. The number of amides is 1. The first-order valence-electron chi connectivity index (χ1n) is 8.18. The van der Waals surface area contributed by atoms with E-state index in [1.165, 1.54) is 6.42 Å². The van der Waals surface area contributed by atoms with Gasteiger partial charge in [0.2, 0.25) is 0 Å². The number of rotatable bonds is 3. The van der Waals surface area contributed by atoms with Crippen molar-refractivity contribution in [3.05, 3.63) is 41.6 Å². The quantitative estimate of drug-likeness (QED) is 0.669. The van der Waals surface area contributed by atoms with Crippen molar-refractivity contribution >= 4 is 22.9 Å². The van der Waals surface area contributed by atoms with Gasteiger partial charge in [-0.25, -0.2) is 0 Å². The summed E-state index contributed by atoms with van der Waals surface area (Å²) in [5, 5.41) is 13.4. The maximum absolute atomic E-state index is 12.4. The number of aromatic nitrogens is 1. The van der Waals surface area contributed by atoms with Gasteiger partial charge in [0.05, 0.1) is 0 Å². The molecule has 0 spiro atoms. The molecular formula is C19H21N3O. The first kappa shape index (κ1) is 15.4. The second kappa shape index (κ2) is 6.70. The molecule has 23 heavy (non-hydrogen) atoms. The van der Waals surface area contributed by atoms with Crippen LogP contribution in [0.15, 0.2) is 36.0 Å². The number of nitriles is 1. The van der Waals surface area contributed by atoms with Gasteiger partial charge in [0.15, 0.2) is 0 Å². The van der Waals surface area contributed by atoms with Crippen LogP contribution in [-0.4, -0.2) is 16.9 Å². The Balaban J connectivity index is 1.81.